The lowest BCUT2D eigenvalue weighted by molar-refractivity contribution is -0.114. The first-order valence-electron chi connectivity index (χ1n) is 2.28. The van der Waals surface area contributed by atoms with Crippen molar-refractivity contribution in [1.29, 1.82) is 0 Å². The molecular formula is C5H7OP. The SMILES string of the molecule is O=C1C=C(P)CC1. The summed E-state index contributed by atoms with van der Waals surface area (Å²) >= 11 is 0. The quantitative estimate of drug-likeness (QED) is 0.431. The highest BCUT2D eigenvalue weighted by atomic mass is 31.0. The van der Waals surface area contributed by atoms with Crippen molar-refractivity contribution in [1.82, 2.24) is 0 Å². The van der Waals surface area contributed by atoms with E-state index in [1.54, 1.807) is 6.08 Å². The lowest BCUT2D eigenvalue weighted by atomic mass is 10.3. The van der Waals surface area contributed by atoms with E-state index in [2.05, 4.69) is 9.24 Å². The fraction of sp³-hybridized carbons (Fsp3) is 0.400. The van der Waals surface area contributed by atoms with Crippen LogP contribution in [0, 0.1) is 0 Å². The number of hydrogen-bond donors (Lipinski definition) is 0. The molecule has 1 aliphatic carbocycles. The van der Waals surface area contributed by atoms with E-state index >= 15 is 0 Å². The van der Waals surface area contributed by atoms with Crippen molar-refractivity contribution in [3.63, 3.8) is 0 Å². The van der Waals surface area contributed by atoms with Crippen LogP contribution in [0.4, 0.5) is 0 Å². The predicted molar refractivity (Wildman–Crippen MR) is 32.0 cm³/mol. The molecule has 0 N–H and O–H groups in total. The lowest BCUT2D eigenvalue weighted by Crippen LogP contribution is -1.80. The van der Waals surface area contributed by atoms with Gasteiger partial charge in [0.25, 0.3) is 0 Å². The summed E-state index contributed by atoms with van der Waals surface area (Å²) < 4.78 is 0. The van der Waals surface area contributed by atoms with Gasteiger partial charge in [-0.3, -0.25) is 4.79 Å². The molecule has 0 aliphatic heterocycles. The van der Waals surface area contributed by atoms with Crippen LogP contribution < -0.4 is 0 Å². The Bertz CT molecular complexity index is 126. The highest BCUT2D eigenvalue weighted by molar-refractivity contribution is 7.22. The van der Waals surface area contributed by atoms with Gasteiger partial charge in [-0.1, -0.05) is 0 Å². The summed E-state index contributed by atoms with van der Waals surface area (Å²) in [6, 6.07) is 0. The van der Waals surface area contributed by atoms with Crippen LogP contribution in [0.5, 0.6) is 0 Å². The molecule has 1 rings (SSSR count). The fourth-order valence-electron chi connectivity index (χ4n) is 0.619. The molecule has 1 unspecified atom stereocenters. The minimum absolute atomic E-state index is 0.269. The minimum Gasteiger partial charge on any atom is -0.295 e. The zero-order valence-corrected chi connectivity index (χ0v) is 5.13. The lowest BCUT2D eigenvalue weighted by Gasteiger charge is -1.78. The van der Waals surface area contributed by atoms with E-state index in [-0.39, 0.29) is 5.78 Å². The van der Waals surface area contributed by atoms with Crippen LogP contribution in [0.25, 0.3) is 0 Å². The van der Waals surface area contributed by atoms with Gasteiger partial charge in [-0.2, -0.15) is 0 Å². The summed E-state index contributed by atoms with van der Waals surface area (Å²) in [6.07, 6.45) is 3.35. The van der Waals surface area contributed by atoms with Crippen molar-refractivity contribution in [2.45, 2.75) is 12.8 Å². The third kappa shape index (κ3) is 1.10. The smallest absolute Gasteiger partial charge is 0.156 e. The molecule has 0 aromatic heterocycles. The summed E-state index contributed by atoms with van der Waals surface area (Å²) in [5, 5.41) is 1.14. The summed E-state index contributed by atoms with van der Waals surface area (Å²) in [6.45, 7) is 0. The maximum atomic E-state index is 10.4. The van der Waals surface area contributed by atoms with Crippen LogP contribution in [0.15, 0.2) is 11.4 Å². The maximum Gasteiger partial charge on any atom is 0.156 e. The average molecular weight is 114 g/mol. The Balaban J connectivity index is 2.67. The second-order valence-electron chi connectivity index (χ2n) is 1.69. The Labute approximate surface area is 45.0 Å². The largest absolute Gasteiger partial charge is 0.295 e. The van der Waals surface area contributed by atoms with E-state index < -0.39 is 0 Å². The van der Waals surface area contributed by atoms with Crippen molar-refractivity contribution in [2.24, 2.45) is 0 Å². The Morgan fingerprint density at radius 3 is 2.43 bits per heavy atom. The first-order valence-corrected chi connectivity index (χ1v) is 2.85. The zero-order chi connectivity index (χ0) is 5.28. The zero-order valence-electron chi connectivity index (χ0n) is 3.98. The van der Waals surface area contributed by atoms with Crippen molar-refractivity contribution in [3.05, 3.63) is 11.4 Å². The van der Waals surface area contributed by atoms with E-state index in [4.69, 9.17) is 0 Å². The molecule has 0 aromatic rings. The summed E-state index contributed by atoms with van der Waals surface area (Å²) in [4.78, 5) is 10.4. The molecule has 0 bridgehead atoms. The number of allylic oxidation sites excluding steroid dienone is 2. The van der Waals surface area contributed by atoms with Gasteiger partial charge in [0.1, 0.15) is 0 Å². The maximum absolute atomic E-state index is 10.4. The second-order valence-corrected chi connectivity index (χ2v) is 2.43. The molecule has 1 aliphatic rings. The Morgan fingerprint density at radius 2 is 2.29 bits per heavy atom. The van der Waals surface area contributed by atoms with E-state index in [1.165, 1.54) is 0 Å². The Kier molecular flexibility index (Phi) is 1.25. The molecule has 0 fully saturated rings. The van der Waals surface area contributed by atoms with Gasteiger partial charge < -0.3 is 0 Å². The molecule has 0 saturated heterocycles. The Hall–Kier alpha value is -0.160. The molecule has 0 amide bonds. The molecule has 1 nitrogen and oxygen atoms in total. The van der Waals surface area contributed by atoms with E-state index in [0.29, 0.717) is 0 Å². The molecule has 2 heteroatoms. The molecule has 0 radical (unpaired) electrons. The van der Waals surface area contributed by atoms with Gasteiger partial charge in [0, 0.05) is 6.42 Å². The monoisotopic (exact) mass is 114 g/mol. The van der Waals surface area contributed by atoms with Gasteiger partial charge >= 0.3 is 0 Å². The van der Waals surface area contributed by atoms with Gasteiger partial charge in [-0.25, -0.2) is 0 Å². The number of carbonyl (C=O) groups excluding carboxylic acids is 1. The van der Waals surface area contributed by atoms with E-state index in [9.17, 15) is 4.79 Å². The molecule has 0 saturated carbocycles. The van der Waals surface area contributed by atoms with Gasteiger partial charge in [0.15, 0.2) is 5.78 Å². The summed E-state index contributed by atoms with van der Waals surface area (Å²) in [7, 11) is 2.54. The molecular weight excluding hydrogens is 107 g/mol. The molecule has 0 heterocycles. The van der Waals surface area contributed by atoms with Crippen LogP contribution in [0.3, 0.4) is 0 Å². The van der Waals surface area contributed by atoms with Gasteiger partial charge in [-0.15, -0.1) is 9.24 Å². The van der Waals surface area contributed by atoms with Crippen LogP contribution in [0.2, 0.25) is 0 Å². The number of rotatable bonds is 0. The fourth-order valence-corrected chi connectivity index (χ4v) is 0.949. The van der Waals surface area contributed by atoms with Crippen LogP contribution in [0.1, 0.15) is 12.8 Å². The molecule has 0 aromatic carbocycles. The van der Waals surface area contributed by atoms with Gasteiger partial charge in [0.05, 0.1) is 0 Å². The predicted octanol–water partition coefficient (Wildman–Crippen LogP) is 1.11. The van der Waals surface area contributed by atoms with Crippen molar-refractivity contribution in [3.8, 4) is 0 Å². The van der Waals surface area contributed by atoms with Gasteiger partial charge in [-0.05, 0) is 17.8 Å². The normalized spacial score (nSPS) is 20.1. The minimum atomic E-state index is 0.269. The highest BCUT2D eigenvalue weighted by Crippen LogP contribution is 2.19. The van der Waals surface area contributed by atoms with Crippen LogP contribution in [-0.2, 0) is 4.79 Å². The molecule has 1 atom stereocenters. The summed E-state index contributed by atoms with van der Waals surface area (Å²) in [5.41, 5.74) is 0. The first-order chi connectivity index (χ1) is 3.29. The standard InChI is InChI=1S/C5H7OP/c6-4-1-2-5(7)3-4/h3H,1-2,7H2. The second kappa shape index (κ2) is 1.75. The topological polar surface area (TPSA) is 17.1 Å². The first kappa shape index (κ1) is 4.99. The molecule has 0 spiro atoms. The summed E-state index contributed by atoms with van der Waals surface area (Å²) in [5.74, 6) is 0.269. The van der Waals surface area contributed by atoms with Crippen molar-refractivity contribution in [2.75, 3.05) is 0 Å². The number of carbonyl (C=O) groups is 1. The van der Waals surface area contributed by atoms with E-state index in [0.717, 1.165) is 18.2 Å². The van der Waals surface area contributed by atoms with Crippen LogP contribution in [-0.4, -0.2) is 5.78 Å². The Morgan fingerprint density at radius 1 is 1.57 bits per heavy atom. The van der Waals surface area contributed by atoms with Crippen LogP contribution >= 0.6 is 9.24 Å². The van der Waals surface area contributed by atoms with E-state index in [1.807, 2.05) is 0 Å². The number of hydrogen-bond acceptors (Lipinski definition) is 1. The highest BCUT2D eigenvalue weighted by Gasteiger charge is 2.06. The average Bonchev–Trinajstić information content (AvgIpc) is 1.87. The van der Waals surface area contributed by atoms with Gasteiger partial charge in [0.2, 0.25) is 0 Å². The van der Waals surface area contributed by atoms with Crippen molar-refractivity contribution >= 4 is 15.0 Å². The molecule has 38 valence electrons. The molecule has 7 heavy (non-hydrogen) atoms. The third-order valence-electron chi connectivity index (χ3n) is 1.01. The number of ketones is 1. The van der Waals surface area contributed by atoms with Crippen molar-refractivity contribution < 1.29 is 4.79 Å². The third-order valence-corrected chi connectivity index (χ3v) is 1.46.